The number of thiocarbonyl (C=S) groups is 1. The number of hydrogen-bond acceptors (Lipinski definition) is 4. The average Bonchev–Trinajstić information content (AvgIpc) is 2.78. The summed E-state index contributed by atoms with van der Waals surface area (Å²) < 4.78 is 10.2. The van der Waals surface area contributed by atoms with Crippen LogP contribution in [0.1, 0.15) is 16.1 Å². The first kappa shape index (κ1) is 11.1. The number of amides is 1. The van der Waals surface area contributed by atoms with E-state index >= 15 is 0 Å². The summed E-state index contributed by atoms with van der Waals surface area (Å²) in [4.78, 5) is 13.7. The Kier molecular flexibility index (Phi) is 3.21. The zero-order valence-corrected chi connectivity index (χ0v) is 9.46. The number of primary amides is 1. The molecule has 1 fully saturated rings. The number of carbonyl (C=O) groups excluding carboxylic acids is 1. The van der Waals surface area contributed by atoms with Crippen LogP contribution in [-0.4, -0.2) is 42.1 Å². The molecule has 6 heteroatoms. The van der Waals surface area contributed by atoms with E-state index in [0.717, 1.165) is 13.1 Å². The maximum Gasteiger partial charge on any atom is 0.285 e. The predicted molar refractivity (Wildman–Crippen MR) is 61.3 cm³/mol. The van der Waals surface area contributed by atoms with Gasteiger partial charge in [-0.2, -0.15) is 0 Å². The van der Waals surface area contributed by atoms with Crippen molar-refractivity contribution in [2.45, 2.75) is 0 Å². The molecule has 0 radical (unpaired) electrons. The Morgan fingerprint density at radius 3 is 2.75 bits per heavy atom. The molecule has 1 amide bonds. The van der Waals surface area contributed by atoms with E-state index in [2.05, 4.69) is 0 Å². The first-order chi connectivity index (χ1) is 7.70. The van der Waals surface area contributed by atoms with Gasteiger partial charge in [-0.3, -0.25) is 4.79 Å². The van der Waals surface area contributed by atoms with Crippen molar-refractivity contribution in [2.75, 3.05) is 26.3 Å². The van der Waals surface area contributed by atoms with Gasteiger partial charge < -0.3 is 19.8 Å². The van der Waals surface area contributed by atoms with Gasteiger partial charge in [-0.1, -0.05) is 12.2 Å². The topological polar surface area (TPSA) is 68.7 Å². The van der Waals surface area contributed by atoms with Gasteiger partial charge in [0.2, 0.25) is 5.76 Å². The van der Waals surface area contributed by atoms with Crippen LogP contribution in [0.4, 0.5) is 0 Å². The normalized spacial score (nSPS) is 16.1. The zero-order valence-electron chi connectivity index (χ0n) is 8.64. The predicted octanol–water partition coefficient (Wildman–Crippen LogP) is 0.386. The standard InChI is InChI=1S/C10H12N2O3S/c11-9(13)8-7(1-4-15-8)10(16)12-2-5-14-6-3-12/h1,4H,2-3,5-6H2,(H2,11,13). The molecule has 86 valence electrons. The molecule has 0 saturated carbocycles. The maximum atomic E-state index is 11.1. The molecule has 1 aliphatic rings. The first-order valence-corrected chi connectivity index (χ1v) is 5.35. The van der Waals surface area contributed by atoms with Gasteiger partial charge in [0.15, 0.2) is 0 Å². The molecule has 1 saturated heterocycles. The third-order valence-electron chi connectivity index (χ3n) is 2.42. The van der Waals surface area contributed by atoms with E-state index in [1.54, 1.807) is 6.07 Å². The summed E-state index contributed by atoms with van der Waals surface area (Å²) in [5.74, 6) is -0.480. The molecule has 0 aromatic carbocycles. The molecule has 16 heavy (non-hydrogen) atoms. The van der Waals surface area contributed by atoms with Crippen molar-refractivity contribution in [3.8, 4) is 0 Å². The van der Waals surface area contributed by atoms with E-state index in [0.29, 0.717) is 23.8 Å². The van der Waals surface area contributed by atoms with Crippen molar-refractivity contribution >= 4 is 23.1 Å². The smallest absolute Gasteiger partial charge is 0.285 e. The molecule has 1 aromatic rings. The molecule has 1 aliphatic heterocycles. The Balaban J connectivity index is 2.19. The van der Waals surface area contributed by atoms with E-state index in [-0.39, 0.29) is 5.76 Å². The number of rotatable bonds is 2. The van der Waals surface area contributed by atoms with Gasteiger partial charge in [-0.05, 0) is 6.07 Å². The SMILES string of the molecule is NC(=O)c1occc1C(=S)N1CCOCC1. The number of ether oxygens (including phenoxy) is 1. The lowest BCUT2D eigenvalue weighted by atomic mass is 10.2. The van der Waals surface area contributed by atoms with E-state index in [9.17, 15) is 4.79 Å². The largest absolute Gasteiger partial charge is 0.458 e. The highest BCUT2D eigenvalue weighted by atomic mass is 32.1. The molecular weight excluding hydrogens is 228 g/mol. The Labute approximate surface area is 98.1 Å². The summed E-state index contributed by atoms with van der Waals surface area (Å²) in [5, 5.41) is 0. The van der Waals surface area contributed by atoms with Gasteiger partial charge in [0.25, 0.3) is 5.91 Å². The molecule has 0 bridgehead atoms. The molecule has 2 rings (SSSR count). The van der Waals surface area contributed by atoms with Gasteiger partial charge in [0.05, 0.1) is 25.0 Å². The maximum absolute atomic E-state index is 11.1. The van der Waals surface area contributed by atoms with E-state index in [1.807, 2.05) is 4.90 Å². The summed E-state index contributed by atoms with van der Waals surface area (Å²) in [6.07, 6.45) is 1.42. The fourth-order valence-electron chi connectivity index (χ4n) is 1.61. The Morgan fingerprint density at radius 1 is 1.44 bits per heavy atom. The van der Waals surface area contributed by atoms with Crippen molar-refractivity contribution in [1.82, 2.24) is 4.90 Å². The van der Waals surface area contributed by atoms with Gasteiger partial charge in [-0.25, -0.2) is 0 Å². The summed E-state index contributed by atoms with van der Waals surface area (Å²) in [6.45, 7) is 2.73. The molecule has 2 heterocycles. The Bertz CT molecular complexity index is 410. The fraction of sp³-hybridized carbons (Fsp3) is 0.400. The highest BCUT2D eigenvalue weighted by Crippen LogP contribution is 2.15. The van der Waals surface area contributed by atoms with E-state index < -0.39 is 5.91 Å². The van der Waals surface area contributed by atoms with Crippen LogP contribution in [0.2, 0.25) is 0 Å². The lowest BCUT2D eigenvalue weighted by Gasteiger charge is -2.28. The molecule has 0 aliphatic carbocycles. The van der Waals surface area contributed by atoms with Crippen molar-refractivity contribution in [2.24, 2.45) is 5.73 Å². The molecule has 2 N–H and O–H groups in total. The Morgan fingerprint density at radius 2 is 2.12 bits per heavy atom. The first-order valence-electron chi connectivity index (χ1n) is 4.94. The number of furan rings is 1. The Hall–Kier alpha value is -1.40. The van der Waals surface area contributed by atoms with Gasteiger partial charge >= 0.3 is 0 Å². The number of hydrogen-bond donors (Lipinski definition) is 1. The highest BCUT2D eigenvalue weighted by molar-refractivity contribution is 7.80. The molecule has 0 spiro atoms. The van der Waals surface area contributed by atoms with Crippen LogP contribution in [-0.2, 0) is 4.74 Å². The van der Waals surface area contributed by atoms with Crippen LogP contribution < -0.4 is 5.73 Å². The van der Waals surface area contributed by atoms with Gasteiger partial charge in [0, 0.05) is 13.1 Å². The molecule has 1 aromatic heterocycles. The second-order valence-corrected chi connectivity index (χ2v) is 3.82. The zero-order chi connectivity index (χ0) is 11.5. The summed E-state index contributed by atoms with van der Waals surface area (Å²) in [6, 6.07) is 1.66. The van der Waals surface area contributed by atoms with Crippen LogP contribution in [0, 0.1) is 0 Å². The number of nitrogens with zero attached hydrogens (tertiary/aromatic N) is 1. The highest BCUT2D eigenvalue weighted by Gasteiger charge is 2.21. The van der Waals surface area contributed by atoms with Crippen LogP contribution >= 0.6 is 12.2 Å². The van der Waals surface area contributed by atoms with E-state index in [1.165, 1.54) is 6.26 Å². The summed E-state index contributed by atoms with van der Waals surface area (Å²) in [5.41, 5.74) is 5.78. The number of nitrogens with two attached hydrogens (primary N) is 1. The molecule has 0 unspecified atom stereocenters. The molecule has 5 nitrogen and oxygen atoms in total. The second kappa shape index (κ2) is 4.63. The lowest BCUT2D eigenvalue weighted by Crippen LogP contribution is -2.40. The number of morpholine rings is 1. The van der Waals surface area contributed by atoms with Crippen molar-refractivity contribution in [3.63, 3.8) is 0 Å². The quantitative estimate of drug-likeness (QED) is 0.757. The minimum Gasteiger partial charge on any atom is -0.458 e. The van der Waals surface area contributed by atoms with Gasteiger partial charge in [-0.15, -0.1) is 0 Å². The van der Waals surface area contributed by atoms with Gasteiger partial charge in [0.1, 0.15) is 4.99 Å². The second-order valence-electron chi connectivity index (χ2n) is 3.43. The minimum absolute atomic E-state index is 0.122. The third kappa shape index (κ3) is 2.07. The van der Waals surface area contributed by atoms with Crippen molar-refractivity contribution < 1.29 is 13.9 Å². The van der Waals surface area contributed by atoms with Crippen LogP contribution in [0.25, 0.3) is 0 Å². The van der Waals surface area contributed by atoms with Crippen molar-refractivity contribution in [1.29, 1.82) is 0 Å². The summed E-state index contributed by atoms with van der Waals surface area (Å²) >= 11 is 5.30. The van der Waals surface area contributed by atoms with Crippen LogP contribution in [0.15, 0.2) is 16.7 Å². The number of carbonyl (C=O) groups is 1. The molecular formula is C10H12N2O3S. The lowest BCUT2D eigenvalue weighted by molar-refractivity contribution is 0.0692. The van der Waals surface area contributed by atoms with E-state index in [4.69, 9.17) is 27.1 Å². The van der Waals surface area contributed by atoms with Crippen LogP contribution in [0.5, 0.6) is 0 Å². The average molecular weight is 240 g/mol. The third-order valence-corrected chi connectivity index (χ3v) is 2.90. The summed E-state index contributed by atoms with van der Waals surface area (Å²) in [7, 11) is 0. The van der Waals surface area contributed by atoms with Crippen molar-refractivity contribution in [3.05, 3.63) is 23.7 Å². The molecule has 0 atom stereocenters. The van der Waals surface area contributed by atoms with Crippen LogP contribution in [0.3, 0.4) is 0 Å². The fourth-order valence-corrected chi connectivity index (χ4v) is 1.95. The monoisotopic (exact) mass is 240 g/mol. The minimum atomic E-state index is -0.601.